The molecular formula is C27H20N2O2S. The molecule has 7 rings (SSSR count). The zero-order valence-corrected chi connectivity index (χ0v) is 18.5. The Hall–Kier alpha value is -3.57. The summed E-state index contributed by atoms with van der Waals surface area (Å²) in [6.07, 6.45) is 0. The number of para-hydroxylation sites is 3. The SMILES string of the molecule is CC1(C)c2ccccc2N2c3ccccc3S(=O)(=O)n3c4ccccc4c4ccc1c2c43. The van der Waals surface area contributed by atoms with Crippen LogP contribution in [0.3, 0.4) is 0 Å². The van der Waals surface area contributed by atoms with Crippen LogP contribution in [0.25, 0.3) is 21.8 Å². The van der Waals surface area contributed by atoms with E-state index in [1.165, 1.54) is 5.56 Å². The standard InChI is InChI=1S/C27H20N2O2S/c1-27(2)19-10-4-6-12-22(19)28-23-13-7-8-14-24(23)32(30,31)29-21-11-5-3-9-17(21)18-15-16-20(27)26(28)25(18)29/h3-16H,1-2H3. The average molecular weight is 437 g/mol. The van der Waals surface area contributed by atoms with Crippen molar-refractivity contribution in [2.45, 2.75) is 24.2 Å². The monoisotopic (exact) mass is 436 g/mol. The molecule has 5 aromatic rings. The van der Waals surface area contributed by atoms with E-state index >= 15 is 0 Å². The Morgan fingerprint density at radius 2 is 1.38 bits per heavy atom. The first-order valence-electron chi connectivity index (χ1n) is 10.7. The highest BCUT2D eigenvalue weighted by molar-refractivity contribution is 7.90. The zero-order valence-electron chi connectivity index (χ0n) is 17.7. The summed E-state index contributed by atoms with van der Waals surface area (Å²) in [5.41, 5.74) is 6.17. The van der Waals surface area contributed by atoms with Crippen LogP contribution in [0.15, 0.2) is 89.8 Å². The van der Waals surface area contributed by atoms with Gasteiger partial charge >= 0.3 is 0 Å². The molecule has 1 aromatic heterocycles. The molecule has 0 atom stereocenters. The Bertz CT molecular complexity index is 1730. The average Bonchev–Trinajstić information content (AvgIpc) is 3.11. The van der Waals surface area contributed by atoms with Gasteiger partial charge in [0.1, 0.15) is 4.90 Å². The van der Waals surface area contributed by atoms with Crippen molar-refractivity contribution in [2.24, 2.45) is 0 Å². The highest BCUT2D eigenvalue weighted by atomic mass is 32.2. The Labute approximate surface area is 186 Å². The van der Waals surface area contributed by atoms with Gasteiger partial charge in [-0.25, -0.2) is 12.4 Å². The van der Waals surface area contributed by atoms with Crippen LogP contribution in [-0.2, 0) is 15.4 Å². The molecule has 0 saturated heterocycles. The maximum Gasteiger partial charge on any atom is 0.270 e. The summed E-state index contributed by atoms with van der Waals surface area (Å²) in [4.78, 5) is 2.48. The summed E-state index contributed by atoms with van der Waals surface area (Å²) in [5.74, 6) is 0. The molecule has 0 amide bonds. The van der Waals surface area contributed by atoms with Crippen molar-refractivity contribution in [3.05, 3.63) is 96.1 Å². The van der Waals surface area contributed by atoms with Crippen LogP contribution in [0.1, 0.15) is 25.0 Å². The van der Waals surface area contributed by atoms with Crippen molar-refractivity contribution < 1.29 is 8.42 Å². The molecule has 0 aliphatic carbocycles. The van der Waals surface area contributed by atoms with Gasteiger partial charge in [-0.05, 0) is 35.4 Å². The minimum atomic E-state index is -3.82. The van der Waals surface area contributed by atoms with Crippen molar-refractivity contribution in [1.82, 2.24) is 3.97 Å². The Morgan fingerprint density at radius 3 is 2.22 bits per heavy atom. The lowest BCUT2D eigenvalue weighted by Crippen LogP contribution is -2.30. The van der Waals surface area contributed by atoms with Gasteiger partial charge in [-0.2, -0.15) is 0 Å². The predicted octanol–water partition coefficient (Wildman–Crippen LogP) is 6.45. The number of fused-ring (bicyclic) bond motifs is 7. The van der Waals surface area contributed by atoms with E-state index in [0.29, 0.717) is 16.1 Å². The molecular weight excluding hydrogens is 416 g/mol. The summed E-state index contributed by atoms with van der Waals surface area (Å²) in [7, 11) is -3.82. The molecule has 0 bridgehead atoms. The maximum atomic E-state index is 14.2. The molecule has 4 nitrogen and oxygen atoms in total. The van der Waals surface area contributed by atoms with Crippen molar-refractivity contribution in [3.63, 3.8) is 0 Å². The third kappa shape index (κ3) is 1.92. The highest BCUT2D eigenvalue weighted by Gasteiger charge is 2.43. The first-order chi connectivity index (χ1) is 15.4. The number of benzene rings is 4. The molecule has 0 unspecified atom stereocenters. The first kappa shape index (κ1) is 18.0. The van der Waals surface area contributed by atoms with Crippen molar-refractivity contribution >= 4 is 48.9 Å². The third-order valence-corrected chi connectivity index (χ3v) is 8.87. The fourth-order valence-corrected chi connectivity index (χ4v) is 7.37. The number of anilines is 3. The Kier molecular flexibility index (Phi) is 3.16. The van der Waals surface area contributed by atoms with Gasteiger partial charge in [-0.15, -0.1) is 0 Å². The molecule has 32 heavy (non-hydrogen) atoms. The van der Waals surface area contributed by atoms with Gasteiger partial charge in [-0.3, -0.25) is 0 Å². The Morgan fingerprint density at radius 1 is 0.688 bits per heavy atom. The molecule has 0 fully saturated rings. The second kappa shape index (κ2) is 5.61. The zero-order chi connectivity index (χ0) is 21.8. The maximum absolute atomic E-state index is 14.2. The van der Waals surface area contributed by atoms with Crippen LogP contribution in [0.2, 0.25) is 0 Å². The van der Waals surface area contributed by atoms with Gasteiger partial charge in [0, 0.05) is 16.2 Å². The lowest BCUT2D eigenvalue weighted by molar-refractivity contribution is 0.591. The minimum Gasteiger partial charge on any atom is -0.306 e. The van der Waals surface area contributed by atoms with Crippen LogP contribution < -0.4 is 4.90 Å². The van der Waals surface area contributed by atoms with Crippen LogP contribution in [0, 0.1) is 0 Å². The van der Waals surface area contributed by atoms with Crippen molar-refractivity contribution in [2.75, 3.05) is 4.90 Å². The fraction of sp³-hybridized carbons (Fsp3) is 0.111. The molecule has 0 spiro atoms. The lowest BCUT2D eigenvalue weighted by Gasteiger charge is -2.42. The van der Waals surface area contributed by atoms with E-state index < -0.39 is 10.0 Å². The van der Waals surface area contributed by atoms with E-state index in [0.717, 1.165) is 33.2 Å². The molecule has 0 radical (unpaired) electrons. The number of rotatable bonds is 0. The summed E-state index contributed by atoms with van der Waals surface area (Å²) in [6.45, 7) is 4.44. The van der Waals surface area contributed by atoms with Gasteiger partial charge in [0.2, 0.25) is 0 Å². The summed E-state index contributed by atoms with van der Waals surface area (Å²) in [5, 5.41) is 1.90. The molecule has 5 heteroatoms. The topological polar surface area (TPSA) is 42.3 Å². The minimum absolute atomic E-state index is 0.277. The van der Waals surface area contributed by atoms with Crippen molar-refractivity contribution in [1.29, 1.82) is 0 Å². The molecule has 156 valence electrons. The van der Waals surface area contributed by atoms with Gasteiger partial charge < -0.3 is 4.90 Å². The van der Waals surface area contributed by atoms with Crippen LogP contribution in [0.4, 0.5) is 17.1 Å². The van der Waals surface area contributed by atoms with Crippen LogP contribution in [-0.4, -0.2) is 12.4 Å². The molecule has 2 aliphatic heterocycles. The number of nitrogens with zero attached hydrogens (tertiary/aromatic N) is 2. The van der Waals surface area contributed by atoms with E-state index in [1.807, 2.05) is 42.5 Å². The van der Waals surface area contributed by atoms with E-state index in [9.17, 15) is 8.42 Å². The van der Waals surface area contributed by atoms with Gasteiger partial charge in [0.25, 0.3) is 10.0 Å². The highest BCUT2D eigenvalue weighted by Crippen LogP contribution is 2.57. The summed E-state index contributed by atoms with van der Waals surface area (Å²) < 4.78 is 29.9. The van der Waals surface area contributed by atoms with Gasteiger partial charge in [0.05, 0.1) is 28.1 Å². The second-order valence-electron chi connectivity index (χ2n) is 9.09. The summed E-state index contributed by atoms with van der Waals surface area (Å²) in [6, 6.07) is 27.7. The lowest BCUT2D eigenvalue weighted by atomic mass is 9.73. The molecule has 0 N–H and O–H groups in total. The fourth-order valence-electron chi connectivity index (χ4n) is 5.65. The predicted molar refractivity (Wildman–Crippen MR) is 129 cm³/mol. The largest absolute Gasteiger partial charge is 0.306 e. The van der Waals surface area contributed by atoms with Crippen LogP contribution >= 0.6 is 0 Å². The number of aromatic nitrogens is 1. The third-order valence-electron chi connectivity index (χ3n) is 7.11. The quantitative estimate of drug-likeness (QED) is 0.275. The van der Waals surface area contributed by atoms with E-state index in [4.69, 9.17) is 0 Å². The smallest absolute Gasteiger partial charge is 0.270 e. The van der Waals surface area contributed by atoms with E-state index in [2.05, 4.69) is 49.1 Å². The number of hydrogen-bond acceptors (Lipinski definition) is 3. The molecule has 2 aliphatic rings. The van der Waals surface area contributed by atoms with Crippen molar-refractivity contribution in [3.8, 4) is 0 Å². The molecule has 0 saturated carbocycles. The van der Waals surface area contributed by atoms with E-state index in [1.54, 1.807) is 16.1 Å². The molecule has 3 heterocycles. The normalized spacial score (nSPS) is 17.1. The van der Waals surface area contributed by atoms with Crippen LogP contribution in [0.5, 0.6) is 0 Å². The van der Waals surface area contributed by atoms with Gasteiger partial charge in [0.15, 0.2) is 0 Å². The van der Waals surface area contributed by atoms with E-state index in [-0.39, 0.29) is 5.41 Å². The van der Waals surface area contributed by atoms with Gasteiger partial charge in [-0.1, -0.05) is 74.5 Å². The number of hydrogen-bond donors (Lipinski definition) is 0. The second-order valence-corrected chi connectivity index (χ2v) is 10.8. The first-order valence-corrected chi connectivity index (χ1v) is 12.2. The summed E-state index contributed by atoms with van der Waals surface area (Å²) >= 11 is 0. The Balaban J connectivity index is 1.83. The molecule has 4 aromatic carbocycles.